The van der Waals surface area contributed by atoms with Gasteiger partial charge >= 0.3 is 0 Å². The largest absolute Gasteiger partial charge is 0.493 e. The molecule has 0 atom stereocenters. The molecule has 2 rings (SSSR count). The normalized spacial score (nSPS) is 10.5. The maximum absolute atomic E-state index is 11.8. The summed E-state index contributed by atoms with van der Waals surface area (Å²) in [7, 11) is 1.60. The number of halogens is 1. The van der Waals surface area contributed by atoms with Crippen LogP contribution in [0.3, 0.4) is 0 Å². The molecule has 0 aliphatic carbocycles. The number of nitrogen functional groups attached to an aromatic ring is 1. The molecule has 0 fully saturated rings. The first-order valence-electron chi connectivity index (χ1n) is 7.63. The van der Waals surface area contributed by atoms with E-state index in [2.05, 4.69) is 41.5 Å². The summed E-state index contributed by atoms with van der Waals surface area (Å²) in [4.78, 5) is 11.8. The first kappa shape index (κ1) is 19.0. The first-order chi connectivity index (χ1) is 12.1. The fourth-order valence-corrected chi connectivity index (χ4v) is 2.53. The summed E-state index contributed by atoms with van der Waals surface area (Å²) in [6.45, 7) is 4.02. The SMILES string of the molecule is CCOc1cc(Br)c(CNCCNC(=O)c2nonc2N)cc1OC. The molecule has 1 aromatic carbocycles. The fraction of sp³-hybridized carbons (Fsp3) is 0.400. The standard InChI is InChI=1S/C15H20BrN5O4/c1-3-24-12-7-10(16)9(6-11(12)23-2)8-18-4-5-19-15(22)13-14(17)21-25-20-13/h6-7,18H,3-5,8H2,1-2H3,(H2,17,21)(H,19,22). The Morgan fingerprint density at radius 3 is 2.76 bits per heavy atom. The zero-order valence-electron chi connectivity index (χ0n) is 14.0. The van der Waals surface area contributed by atoms with Crippen LogP contribution in [0.2, 0.25) is 0 Å². The van der Waals surface area contributed by atoms with E-state index in [0.29, 0.717) is 37.7 Å². The van der Waals surface area contributed by atoms with Crippen LogP contribution in [0.25, 0.3) is 0 Å². The van der Waals surface area contributed by atoms with Crippen molar-refractivity contribution in [1.82, 2.24) is 20.9 Å². The summed E-state index contributed by atoms with van der Waals surface area (Å²) in [5.74, 6) is 0.899. The van der Waals surface area contributed by atoms with E-state index in [4.69, 9.17) is 15.2 Å². The highest BCUT2D eigenvalue weighted by atomic mass is 79.9. The number of carbonyl (C=O) groups is 1. The van der Waals surface area contributed by atoms with Crippen molar-refractivity contribution >= 4 is 27.7 Å². The Morgan fingerprint density at radius 2 is 2.12 bits per heavy atom. The van der Waals surface area contributed by atoms with Crippen molar-refractivity contribution in [3.05, 3.63) is 27.9 Å². The minimum Gasteiger partial charge on any atom is -0.493 e. The quantitative estimate of drug-likeness (QED) is 0.525. The van der Waals surface area contributed by atoms with Gasteiger partial charge in [-0.05, 0) is 34.9 Å². The summed E-state index contributed by atoms with van der Waals surface area (Å²) >= 11 is 3.52. The second-order valence-corrected chi connectivity index (χ2v) is 5.81. The van der Waals surface area contributed by atoms with Gasteiger partial charge in [0.1, 0.15) is 0 Å². The van der Waals surface area contributed by atoms with E-state index >= 15 is 0 Å². The van der Waals surface area contributed by atoms with Gasteiger partial charge in [-0.15, -0.1) is 0 Å². The van der Waals surface area contributed by atoms with E-state index in [0.717, 1.165) is 10.0 Å². The monoisotopic (exact) mass is 413 g/mol. The summed E-state index contributed by atoms with van der Waals surface area (Å²) < 4.78 is 16.2. The van der Waals surface area contributed by atoms with Crippen molar-refractivity contribution in [3.8, 4) is 11.5 Å². The van der Waals surface area contributed by atoms with Gasteiger partial charge in [-0.2, -0.15) is 0 Å². The summed E-state index contributed by atoms with van der Waals surface area (Å²) in [5.41, 5.74) is 6.45. The second kappa shape index (κ2) is 9.23. The van der Waals surface area contributed by atoms with E-state index in [1.165, 1.54) is 0 Å². The van der Waals surface area contributed by atoms with Gasteiger partial charge in [-0.3, -0.25) is 4.79 Å². The van der Waals surface area contributed by atoms with Gasteiger partial charge in [-0.1, -0.05) is 15.9 Å². The number of hydrogen-bond donors (Lipinski definition) is 3. The molecule has 1 amide bonds. The third-order valence-corrected chi connectivity index (χ3v) is 4.00. The van der Waals surface area contributed by atoms with Gasteiger partial charge in [0.15, 0.2) is 11.5 Å². The number of amides is 1. The lowest BCUT2D eigenvalue weighted by Crippen LogP contribution is -2.32. The van der Waals surface area contributed by atoms with Gasteiger partial charge in [0, 0.05) is 24.1 Å². The van der Waals surface area contributed by atoms with Crippen LogP contribution in [-0.2, 0) is 6.54 Å². The Kier molecular flexibility index (Phi) is 7.02. The molecule has 25 heavy (non-hydrogen) atoms. The second-order valence-electron chi connectivity index (χ2n) is 4.96. The average molecular weight is 414 g/mol. The molecule has 0 unspecified atom stereocenters. The van der Waals surface area contributed by atoms with Crippen molar-refractivity contribution in [2.75, 3.05) is 32.5 Å². The van der Waals surface area contributed by atoms with Gasteiger partial charge in [0.05, 0.1) is 13.7 Å². The van der Waals surface area contributed by atoms with Crippen LogP contribution in [-0.4, -0.2) is 43.0 Å². The lowest BCUT2D eigenvalue weighted by Gasteiger charge is -2.13. The molecule has 1 heterocycles. The van der Waals surface area contributed by atoms with Gasteiger partial charge < -0.3 is 25.8 Å². The number of hydrogen-bond acceptors (Lipinski definition) is 8. The molecule has 0 aliphatic rings. The summed E-state index contributed by atoms with van der Waals surface area (Å²) in [6, 6.07) is 3.78. The van der Waals surface area contributed by atoms with Gasteiger partial charge in [-0.25, -0.2) is 4.63 Å². The molecule has 0 bridgehead atoms. The molecule has 0 spiro atoms. The molecule has 4 N–H and O–H groups in total. The predicted molar refractivity (Wildman–Crippen MR) is 94.6 cm³/mol. The van der Waals surface area contributed by atoms with Crippen LogP contribution in [0.1, 0.15) is 23.0 Å². The third-order valence-electron chi connectivity index (χ3n) is 3.26. The zero-order valence-corrected chi connectivity index (χ0v) is 15.6. The lowest BCUT2D eigenvalue weighted by molar-refractivity contribution is 0.0944. The van der Waals surface area contributed by atoms with E-state index in [9.17, 15) is 4.79 Å². The minimum absolute atomic E-state index is 0.0148. The zero-order chi connectivity index (χ0) is 18.2. The van der Waals surface area contributed by atoms with Crippen LogP contribution in [0.15, 0.2) is 21.2 Å². The van der Waals surface area contributed by atoms with Gasteiger partial charge in [0.25, 0.3) is 5.91 Å². The molecule has 2 aromatic rings. The number of anilines is 1. The predicted octanol–water partition coefficient (Wildman–Crippen LogP) is 1.34. The van der Waals surface area contributed by atoms with Crippen LogP contribution < -0.4 is 25.8 Å². The van der Waals surface area contributed by atoms with Crippen molar-refractivity contribution in [2.24, 2.45) is 0 Å². The molecule has 10 heteroatoms. The minimum atomic E-state index is -0.426. The molecule has 0 saturated heterocycles. The Bertz CT molecular complexity index is 722. The van der Waals surface area contributed by atoms with Crippen LogP contribution >= 0.6 is 15.9 Å². The number of aromatic nitrogens is 2. The smallest absolute Gasteiger partial charge is 0.277 e. The molecular weight excluding hydrogens is 394 g/mol. The lowest BCUT2D eigenvalue weighted by atomic mass is 10.2. The van der Waals surface area contributed by atoms with Crippen molar-refractivity contribution < 1.29 is 18.9 Å². The Hall–Kier alpha value is -2.33. The maximum atomic E-state index is 11.8. The summed E-state index contributed by atoms with van der Waals surface area (Å²) in [6.07, 6.45) is 0. The summed E-state index contributed by atoms with van der Waals surface area (Å²) in [5, 5.41) is 12.7. The van der Waals surface area contributed by atoms with Crippen LogP contribution in [0.5, 0.6) is 11.5 Å². The number of ether oxygens (including phenoxy) is 2. The third kappa shape index (κ3) is 5.07. The highest BCUT2D eigenvalue weighted by Crippen LogP contribution is 2.33. The van der Waals surface area contributed by atoms with E-state index in [1.54, 1.807) is 7.11 Å². The topological polar surface area (TPSA) is 125 Å². The van der Waals surface area contributed by atoms with E-state index < -0.39 is 5.91 Å². The number of carbonyl (C=O) groups excluding carboxylic acids is 1. The van der Waals surface area contributed by atoms with Crippen LogP contribution in [0.4, 0.5) is 5.82 Å². The number of nitrogens with zero attached hydrogens (tertiary/aromatic N) is 2. The Balaban J connectivity index is 1.81. The molecule has 1 aromatic heterocycles. The molecule has 0 radical (unpaired) electrons. The Labute approximate surface area is 153 Å². The average Bonchev–Trinajstić information content (AvgIpc) is 3.02. The highest BCUT2D eigenvalue weighted by Gasteiger charge is 2.15. The number of rotatable bonds is 9. The molecule has 0 saturated carbocycles. The number of benzene rings is 1. The molecule has 0 aliphatic heterocycles. The number of nitrogens with two attached hydrogens (primary N) is 1. The molecule has 9 nitrogen and oxygen atoms in total. The number of nitrogens with one attached hydrogen (secondary N) is 2. The van der Waals surface area contributed by atoms with E-state index in [1.807, 2.05) is 19.1 Å². The van der Waals surface area contributed by atoms with Crippen molar-refractivity contribution in [3.63, 3.8) is 0 Å². The molecular formula is C15H20BrN5O4. The number of methoxy groups -OCH3 is 1. The first-order valence-corrected chi connectivity index (χ1v) is 8.42. The van der Waals surface area contributed by atoms with E-state index in [-0.39, 0.29) is 11.5 Å². The van der Waals surface area contributed by atoms with Crippen LogP contribution in [0, 0.1) is 0 Å². The molecule has 136 valence electrons. The van der Waals surface area contributed by atoms with Crippen molar-refractivity contribution in [1.29, 1.82) is 0 Å². The Morgan fingerprint density at radius 1 is 1.32 bits per heavy atom. The maximum Gasteiger partial charge on any atom is 0.277 e. The van der Waals surface area contributed by atoms with Crippen molar-refractivity contribution in [2.45, 2.75) is 13.5 Å². The fourth-order valence-electron chi connectivity index (χ4n) is 2.06. The highest BCUT2D eigenvalue weighted by molar-refractivity contribution is 9.10. The van der Waals surface area contributed by atoms with Gasteiger partial charge in [0.2, 0.25) is 11.5 Å².